The molecule has 0 aromatic heterocycles. The van der Waals surface area contributed by atoms with E-state index in [9.17, 15) is 9.59 Å². The van der Waals surface area contributed by atoms with Gasteiger partial charge in [0, 0.05) is 28.1 Å². The first-order valence-corrected chi connectivity index (χ1v) is 13.4. The first-order valence-electron chi connectivity index (χ1n) is 13.0. The molecular weight excluding hydrogens is 478 g/mol. The van der Waals surface area contributed by atoms with Gasteiger partial charge in [0.1, 0.15) is 0 Å². The average molecular weight is 502 g/mol. The average Bonchev–Trinajstić information content (AvgIpc) is 3.64. The van der Waals surface area contributed by atoms with Crippen molar-refractivity contribution in [2.24, 2.45) is 0 Å². The molecule has 37 heavy (non-hydrogen) atoms. The molecule has 0 radical (unpaired) electrons. The normalized spacial score (nSPS) is 23.9. The molecule has 3 nitrogen and oxygen atoms in total. The standard InChI is InChI=1S/C33H24ClNO2/c34-21-17-15-20(16-18-21)29-28-14-7-19-35(28)33(30(36)24-10-1-2-11-25(24)31(33)37)32(29)26-12-5-3-8-22(26)23-9-4-6-13-27(23)32/h1-6,8-13,15-18,28-29H,7,14,19H2/t28?,29-/m0/s1. The lowest BCUT2D eigenvalue weighted by Gasteiger charge is -2.46. The second-order valence-corrected chi connectivity index (χ2v) is 11.2. The number of carbonyl (C=O) groups excluding carboxylic acids is 2. The highest BCUT2D eigenvalue weighted by molar-refractivity contribution is 6.35. The maximum absolute atomic E-state index is 14.9. The lowest BCUT2D eigenvalue weighted by Crippen LogP contribution is -2.64. The summed E-state index contributed by atoms with van der Waals surface area (Å²) in [7, 11) is 0. The Balaban J connectivity index is 1.57. The second kappa shape index (κ2) is 7.28. The summed E-state index contributed by atoms with van der Waals surface area (Å²) in [6, 6.07) is 32.4. The molecule has 1 unspecified atom stereocenters. The summed E-state index contributed by atoms with van der Waals surface area (Å²) in [6.07, 6.45) is 1.91. The Kier molecular flexibility index (Phi) is 4.24. The number of rotatable bonds is 1. The van der Waals surface area contributed by atoms with Crippen LogP contribution in [-0.4, -0.2) is 34.6 Å². The quantitative estimate of drug-likeness (QED) is 0.273. The molecule has 2 spiro atoms. The van der Waals surface area contributed by atoms with Gasteiger partial charge in [-0.1, -0.05) is 96.5 Å². The van der Waals surface area contributed by atoms with Crippen LogP contribution in [0.2, 0.25) is 5.02 Å². The van der Waals surface area contributed by atoms with Gasteiger partial charge < -0.3 is 0 Å². The van der Waals surface area contributed by atoms with E-state index in [1.54, 1.807) is 0 Å². The minimum Gasteiger partial charge on any atom is -0.291 e. The molecule has 2 fully saturated rings. The molecule has 0 saturated carbocycles. The van der Waals surface area contributed by atoms with Crippen molar-refractivity contribution in [1.29, 1.82) is 0 Å². The van der Waals surface area contributed by atoms with Crippen molar-refractivity contribution >= 4 is 23.2 Å². The predicted octanol–water partition coefficient (Wildman–Crippen LogP) is 6.69. The third-order valence-corrected chi connectivity index (χ3v) is 9.70. The van der Waals surface area contributed by atoms with E-state index < -0.39 is 11.0 Å². The highest BCUT2D eigenvalue weighted by Gasteiger charge is 2.79. The molecule has 2 aliphatic heterocycles. The lowest BCUT2D eigenvalue weighted by atomic mass is 9.55. The topological polar surface area (TPSA) is 37.4 Å². The fourth-order valence-corrected chi connectivity index (χ4v) is 8.55. The molecule has 2 saturated heterocycles. The summed E-state index contributed by atoms with van der Waals surface area (Å²) in [4.78, 5) is 32.1. The number of Topliss-reactive ketones (excluding diaryl/α,β-unsaturated/α-hetero) is 2. The van der Waals surface area contributed by atoms with Gasteiger partial charge in [-0.15, -0.1) is 0 Å². The zero-order chi connectivity index (χ0) is 24.9. The van der Waals surface area contributed by atoms with E-state index in [0.717, 1.165) is 47.2 Å². The first-order chi connectivity index (χ1) is 18.1. The Morgan fingerprint density at radius 2 is 1.19 bits per heavy atom. The van der Waals surface area contributed by atoms with Crippen LogP contribution in [0.4, 0.5) is 0 Å². The van der Waals surface area contributed by atoms with Crippen LogP contribution in [0.25, 0.3) is 11.1 Å². The van der Waals surface area contributed by atoms with Gasteiger partial charge in [-0.2, -0.15) is 0 Å². The molecule has 4 aromatic rings. The molecule has 4 aromatic carbocycles. The summed E-state index contributed by atoms with van der Waals surface area (Å²) in [5, 5.41) is 0.682. The van der Waals surface area contributed by atoms with Gasteiger partial charge in [0.15, 0.2) is 17.1 Å². The van der Waals surface area contributed by atoms with Crippen molar-refractivity contribution < 1.29 is 9.59 Å². The zero-order valence-electron chi connectivity index (χ0n) is 20.2. The highest BCUT2D eigenvalue weighted by Crippen LogP contribution is 2.70. The third kappa shape index (κ3) is 2.30. The number of halogens is 1. The zero-order valence-corrected chi connectivity index (χ0v) is 20.9. The molecule has 4 aliphatic rings. The third-order valence-electron chi connectivity index (χ3n) is 9.45. The summed E-state index contributed by atoms with van der Waals surface area (Å²) in [5.74, 6) is -0.190. The summed E-state index contributed by atoms with van der Waals surface area (Å²) in [6.45, 7) is 0.728. The van der Waals surface area contributed by atoms with Gasteiger partial charge in [0.05, 0.1) is 5.41 Å². The first kappa shape index (κ1) is 21.5. The van der Waals surface area contributed by atoms with Gasteiger partial charge in [-0.25, -0.2) is 0 Å². The fourth-order valence-electron chi connectivity index (χ4n) is 8.42. The monoisotopic (exact) mass is 501 g/mol. The van der Waals surface area contributed by atoms with Crippen LogP contribution >= 0.6 is 11.6 Å². The molecule has 8 rings (SSSR count). The molecule has 0 bridgehead atoms. The molecule has 180 valence electrons. The highest BCUT2D eigenvalue weighted by atomic mass is 35.5. The Morgan fingerprint density at radius 1 is 0.676 bits per heavy atom. The van der Waals surface area contributed by atoms with E-state index in [2.05, 4.69) is 65.6 Å². The number of hydrogen-bond acceptors (Lipinski definition) is 3. The van der Waals surface area contributed by atoms with Gasteiger partial charge in [-0.05, 0) is 59.3 Å². The molecular formula is C33H24ClNO2. The Hall–Kier alpha value is -3.53. The fraction of sp³-hybridized carbons (Fsp3) is 0.212. The van der Waals surface area contributed by atoms with Gasteiger partial charge in [0.2, 0.25) is 0 Å². The number of ketones is 2. The molecule has 4 heteroatoms. The van der Waals surface area contributed by atoms with E-state index in [1.165, 1.54) is 0 Å². The van der Waals surface area contributed by atoms with E-state index in [0.29, 0.717) is 16.1 Å². The van der Waals surface area contributed by atoms with Crippen LogP contribution in [-0.2, 0) is 5.41 Å². The number of carbonyl (C=O) groups is 2. The molecule has 0 N–H and O–H groups in total. The van der Waals surface area contributed by atoms with Gasteiger partial charge in [-0.3, -0.25) is 14.5 Å². The van der Waals surface area contributed by atoms with Crippen molar-refractivity contribution in [2.75, 3.05) is 6.54 Å². The van der Waals surface area contributed by atoms with Crippen molar-refractivity contribution in [2.45, 2.75) is 35.8 Å². The molecule has 2 aliphatic carbocycles. The van der Waals surface area contributed by atoms with Gasteiger partial charge in [0.25, 0.3) is 0 Å². The molecule has 2 heterocycles. The smallest absolute Gasteiger partial charge is 0.193 e. The van der Waals surface area contributed by atoms with Crippen LogP contribution in [0.1, 0.15) is 56.2 Å². The number of fused-ring (bicyclic) bond motifs is 9. The maximum Gasteiger partial charge on any atom is 0.193 e. The second-order valence-electron chi connectivity index (χ2n) is 10.7. The van der Waals surface area contributed by atoms with Crippen LogP contribution in [0.3, 0.4) is 0 Å². The number of nitrogens with zero attached hydrogens (tertiary/aromatic N) is 1. The van der Waals surface area contributed by atoms with Crippen LogP contribution in [0, 0.1) is 0 Å². The minimum absolute atomic E-state index is 0.0528. The lowest BCUT2D eigenvalue weighted by molar-refractivity contribution is 0.0497. The number of hydrogen-bond donors (Lipinski definition) is 0. The van der Waals surface area contributed by atoms with E-state index in [1.807, 2.05) is 36.4 Å². The van der Waals surface area contributed by atoms with E-state index in [-0.39, 0.29) is 23.5 Å². The Labute approximate surface area is 220 Å². The van der Waals surface area contributed by atoms with Crippen LogP contribution in [0.15, 0.2) is 97.1 Å². The van der Waals surface area contributed by atoms with Gasteiger partial charge >= 0.3 is 0 Å². The Morgan fingerprint density at radius 3 is 1.76 bits per heavy atom. The molecule has 0 amide bonds. The summed E-state index contributed by atoms with van der Waals surface area (Å²) >= 11 is 6.35. The Bertz CT molecular complexity index is 1560. The SMILES string of the molecule is O=C1c2ccccc2C(=O)C12N1CCCC1[C@H](c1ccc(Cl)cc1)C21c2ccccc2-c2ccccc21. The van der Waals surface area contributed by atoms with Crippen molar-refractivity contribution in [3.05, 3.63) is 130 Å². The van der Waals surface area contributed by atoms with E-state index >= 15 is 0 Å². The summed E-state index contributed by atoms with van der Waals surface area (Å²) < 4.78 is 0. The van der Waals surface area contributed by atoms with Crippen molar-refractivity contribution in [3.63, 3.8) is 0 Å². The minimum atomic E-state index is -1.33. The van der Waals surface area contributed by atoms with Crippen LogP contribution < -0.4 is 0 Å². The van der Waals surface area contributed by atoms with Crippen LogP contribution in [0.5, 0.6) is 0 Å². The van der Waals surface area contributed by atoms with E-state index in [4.69, 9.17) is 11.6 Å². The maximum atomic E-state index is 14.9. The molecule has 2 atom stereocenters. The largest absolute Gasteiger partial charge is 0.291 e. The summed E-state index contributed by atoms with van der Waals surface area (Å²) in [5.41, 5.74) is 4.45. The predicted molar refractivity (Wildman–Crippen MR) is 144 cm³/mol. The van der Waals surface area contributed by atoms with Crippen molar-refractivity contribution in [1.82, 2.24) is 4.90 Å². The van der Waals surface area contributed by atoms with Crippen molar-refractivity contribution in [3.8, 4) is 11.1 Å². The number of benzene rings is 4.